The predicted molar refractivity (Wildman–Crippen MR) is 228 cm³/mol. The maximum absolute atomic E-state index is 14.5. The number of anilines is 1. The Bertz CT molecular complexity index is 2850. The highest BCUT2D eigenvalue weighted by Gasteiger charge is 2.43. The average Bonchev–Trinajstić information content (AvgIpc) is 3.80. The van der Waals surface area contributed by atoms with Gasteiger partial charge in [-0.3, -0.25) is 28.8 Å². The number of hydrogen-bond donors (Lipinski definition) is 1. The number of Topliss-reactive ketones (excluding diaryl/α,β-unsaturated/α-hetero) is 2. The molecule has 5 aromatic carbocycles. The minimum absolute atomic E-state index is 0.142. The molecule has 0 saturated carbocycles. The van der Waals surface area contributed by atoms with Gasteiger partial charge in [0.1, 0.15) is 11.7 Å². The Morgan fingerprint density at radius 1 is 0.729 bits per heavy atom. The van der Waals surface area contributed by atoms with E-state index in [1.807, 2.05) is 65.6 Å². The molecular weight excluding hydrogens is 741 g/mol. The number of H-pyrrole nitrogens is 1. The number of carbonyl (C=O) groups excluding carboxylic acids is 5. The van der Waals surface area contributed by atoms with Crippen molar-refractivity contribution >= 4 is 62.2 Å². The fraction of sp³-hybridized carbons (Fsp3) is 0.204. The van der Waals surface area contributed by atoms with E-state index >= 15 is 0 Å². The minimum atomic E-state index is -1.49. The molecule has 9 rings (SSSR count). The number of amides is 3. The summed E-state index contributed by atoms with van der Waals surface area (Å²) in [4.78, 5) is 95.2. The van der Waals surface area contributed by atoms with Gasteiger partial charge in [0.15, 0.2) is 11.6 Å². The zero-order chi connectivity index (χ0) is 40.9. The molecule has 1 aliphatic heterocycles. The van der Waals surface area contributed by atoms with E-state index in [0.29, 0.717) is 30.8 Å². The predicted octanol–water partition coefficient (Wildman–Crippen LogP) is 9.09. The number of nitrogens with one attached hydrogen (secondary N) is 1. The summed E-state index contributed by atoms with van der Waals surface area (Å²) in [6.07, 6.45) is 10.2. The van der Waals surface area contributed by atoms with Gasteiger partial charge in [0.2, 0.25) is 0 Å². The minimum Gasteiger partial charge on any atom is -0.339 e. The number of rotatable bonds is 11. The fourth-order valence-electron chi connectivity index (χ4n) is 8.56. The lowest BCUT2D eigenvalue weighted by Gasteiger charge is -2.31. The molecule has 0 radical (unpaired) electrons. The summed E-state index contributed by atoms with van der Waals surface area (Å²) in [5.74, 6) is -4.18. The van der Waals surface area contributed by atoms with E-state index in [0.717, 1.165) is 47.9 Å². The second-order valence-corrected chi connectivity index (χ2v) is 15.3. The van der Waals surface area contributed by atoms with E-state index in [-0.39, 0.29) is 55.7 Å². The Kier molecular flexibility index (Phi) is 9.55. The number of fused-ring (bicyclic) bond motifs is 1. The van der Waals surface area contributed by atoms with E-state index < -0.39 is 34.9 Å². The number of nitrogens with zero attached hydrogens (tertiary/aromatic N) is 3. The van der Waals surface area contributed by atoms with Crippen LogP contribution in [0.3, 0.4) is 0 Å². The molecule has 0 spiro atoms. The van der Waals surface area contributed by atoms with Crippen molar-refractivity contribution in [2.24, 2.45) is 0 Å². The second-order valence-electron chi connectivity index (χ2n) is 15.3. The highest BCUT2D eigenvalue weighted by atomic mass is 16.2. The van der Waals surface area contributed by atoms with Gasteiger partial charge in [0, 0.05) is 57.2 Å². The first-order valence-corrected chi connectivity index (χ1v) is 20.2. The van der Waals surface area contributed by atoms with Crippen LogP contribution in [0.4, 0.5) is 5.69 Å². The average molecular weight is 781 g/mol. The number of imide groups is 1. The maximum Gasteiger partial charge on any atom is 0.266 e. The van der Waals surface area contributed by atoms with Crippen LogP contribution in [-0.2, 0) is 0 Å². The summed E-state index contributed by atoms with van der Waals surface area (Å²) in [5, 5.41) is 0.688. The Labute approximate surface area is 339 Å². The lowest BCUT2D eigenvalue weighted by Crippen LogP contribution is -2.41. The van der Waals surface area contributed by atoms with Crippen LogP contribution >= 0.6 is 0 Å². The van der Waals surface area contributed by atoms with Crippen molar-refractivity contribution in [2.75, 3.05) is 18.0 Å². The summed E-state index contributed by atoms with van der Waals surface area (Å²) in [6.45, 7) is 5.35. The van der Waals surface area contributed by atoms with Crippen LogP contribution in [0.1, 0.15) is 115 Å². The van der Waals surface area contributed by atoms with Crippen molar-refractivity contribution in [2.45, 2.75) is 51.9 Å². The van der Waals surface area contributed by atoms with Crippen molar-refractivity contribution in [3.8, 4) is 11.1 Å². The van der Waals surface area contributed by atoms with Gasteiger partial charge in [-0.05, 0) is 90.6 Å². The molecule has 0 atom stereocenters. The zero-order valence-electron chi connectivity index (χ0n) is 32.7. The fourth-order valence-corrected chi connectivity index (χ4v) is 8.56. The number of unbranched alkanes of at least 4 members (excludes halogenated alkanes) is 2. The molecule has 3 aliphatic rings. The monoisotopic (exact) mass is 780 g/mol. The topological polar surface area (TPSA) is 138 Å². The van der Waals surface area contributed by atoms with Crippen LogP contribution in [-0.4, -0.2) is 57.2 Å². The molecule has 2 aliphatic carbocycles. The largest absolute Gasteiger partial charge is 0.339 e. The van der Waals surface area contributed by atoms with Crippen molar-refractivity contribution in [3.63, 3.8) is 0 Å². The van der Waals surface area contributed by atoms with Gasteiger partial charge in [-0.2, -0.15) is 0 Å². The molecule has 3 amide bonds. The molecule has 6 aromatic rings. The van der Waals surface area contributed by atoms with Gasteiger partial charge in [-0.1, -0.05) is 81.3 Å². The van der Waals surface area contributed by atoms with Crippen molar-refractivity contribution in [3.05, 3.63) is 159 Å². The Hall–Kier alpha value is -7.07. The number of hydrogen-bond acceptors (Lipinski definition) is 7. The lowest BCUT2D eigenvalue weighted by atomic mass is 9.76. The van der Waals surface area contributed by atoms with Crippen LogP contribution in [0.2, 0.25) is 0 Å². The molecule has 2 heterocycles. The highest BCUT2D eigenvalue weighted by Crippen LogP contribution is 2.44. The Morgan fingerprint density at radius 2 is 1.37 bits per heavy atom. The molecule has 1 N–H and O–H groups in total. The normalized spacial score (nSPS) is 14.8. The first-order valence-electron chi connectivity index (χ1n) is 20.2. The van der Waals surface area contributed by atoms with E-state index in [1.54, 1.807) is 18.2 Å². The summed E-state index contributed by atoms with van der Waals surface area (Å²) in [5.41, 5.74) is 4.74. The number of ketones is 2. The van der Waals surface area contributed by atoms with E-state index in [9.17, 15) is 28.8 Å². The molecule has 10 heteroatoms. The molecule has 292 valence electrons. The molecule has 0 unspecified atom stereocenters. The van der Waals surface area contributed by atoms with Crippen LogP contribution in [0, 0.1) is 0 Å². The van der Waals surface area contributed by atoms with Gasteiger partial charge in [0.05, 0.1) is 16.6 Å². The van der Waals surface area contributed by atoms with Crippen LogP contribution in [0.15, 0.2) is 114 Å². The lowest BCUT2D eigenvalue weighted by molar-refractivity contribution is 0.0749. The molecule has 10 nitrogen and oxygen atoms in total. The number of benzene rings is 5. The molecule has 0 saturated heterocycles. The van der Waals surface area contributed by atoms with E-state index in [1.165, 1.54) is 35.2 Å². The summed E-state index contributed by atoms with van der Waals surface area (Å²) in [7, 11) is 0. The standard InChI is InChI=1S/C49H40N4O6/c1-3-5-24-52(25-6-4-2)47(57)31-16-18-32-38(27-31)50-45(51-46(32)56)42-43(54)33-19-21-35-41-36(22-20-34(40(33)41)44(42)55)49(59)53(48(35)58)39-23-17-30(28-12-8-7-9-13-28)26-37(39)29-14-10-11-15-29/h7-14,16-23,26-27,42H,3-6,15,24-25H2,1-2H3,(H,50,51,56). The SMILES string of the molecule is CCCCN(CCCC)C(=O)c1ccc2c(=O)[nH]c(C3C(=O)c4ccc5c6c(ccc(c46)C3=O)C(=O)N(c3ccc(-c4ccccc4)cc3C3=CC=CC3)C5=O)nc2c1. The van der Waals surface area contributed by atoms with Crippen molar-refractivity contribution in [1.29, 1.82) is 0 Å². The quantitative estimate of drug-likeness (QED) is 0.102. The number of allylic oxidation sites excluding steroid dienone is 4. The first-order chi connectivity index (χ1) is 28.7. The van der Waals surface area contributed by atoms with Crippen molar-refractivity contribution < 1.29 is 24.0 Å². The highest BCUT2D eigenvalue weighted by molar-refractivity contribution is 6.41. The second kappa shape index (κ2) is 15.0. The third-order valence-electron chi connectivity index (χ3n) is 11.6. The van der Waals surface area contributed by atoms with Gasteiger partial charge >= 0.3 is 0 Å². The maximum atomic E-state index is 14.5. The smallest absolute Gasteiger partial charge is 0.266 e. The Morgan fingerprint density at radius 3 is 2.00 bits per heavy atom. The summed E-state index contributed by atoms with van der Waals surface area (Å²) < 4.78 is 0. The van der Waals surface area contributed by atoms with Gasteiger partial charge in [-0.25, -0.2) is 9.88 Å². The third kappa shape index (κ3) is 6.23. The van der Waals surface area contributed by atoms with Gasteiger partial charge in [0.25, 0.3) is 23.3 Å². The molecular formula is C49H40N4O6. The van der Waals surface area contributed by atoms with Gasteiger partial charge < -0.3 is 9.88 Å². The molecule has 0 fully saturated rings. The Balaban J connectivity index is 1.09. The zero-order valence-corrected chi connectivity index (χ0v) is 32.7. The van der Waals surface area contributed by atoms with Gasteiger partial charge in [-0.15, -0.1) is 0 Å². The molecule has 59 heavy (non-hydrogen) atoms. The third-order valence-corrected chi connectivity index (χ3v) is 11.6. The number of aromatic nitrogens is 2. The van der Waals surface area contributed by atoms with E-state index in [2.05, 4.69) is 23.8 Å². The van der Waals surface area contributed by atoms with Crippen LogP contribution in [0.5, 0.6) is 0 Å². The molecule has 1 aromatic heterocycles. The number of aromatic amines is 1. The summed E-state index contributed by atoms with van der Waals surface area (Å²) >= 11 is 0. The van der Waals surface area contributed by atoms with Crippen molar-refractivity contribution in [1.82, 2.24) is 14.9 Å². The molecule has 0 bridgehead atoms. The van der Waals surface area contributed by atoms with Crippen LogP contribution < -0.4 is 10.5 Å². The van der Waals surface area contributed by atoms with Crippen LogP contribution in [0.25, 0.3) is 38.4 Å². The summed E-state index contributed by atoms with van der Waals surface area (Å²) in [6, 6.07) is 26.3. The van der Waals surface area contributed by atoms with E-state index in [4.69, 9.17) is 0 Å². The first kappa shape index (κ1) is 37.5. The number of carbonyl (C=O) groups is 5.